The Morgan fingerprint density at radius 1 is 1.11 bits per heavy atom. The highest BCUT2D eigenvalue weighted by molar-refractivity contribution is 7.18. The Hall–Kier alpha value is -2.77. The zero-order valence-electron chi connectivity index (χ0n) is 15.3. The Labute approximate surface area is 162 Å². The van der Waals surface area contributed by atoms with Crippen molar-refractivity contribution in [2.45, 2.75) is 26.1 Å². The number of amides is 3. The molecule has 0 unspecified atom stereocenters. The first-order valence-electron chi connectivity index (χ1n) is 8.70. The molecule has 3 amide bonds. The third-order valence-corrected chi connectivity index (χ3v) is 5.32. The van der Waals surface area contributed by atoms with Crippen molar-refractivity contribution in [3.8, 4) is 0 Å². The van der Waals surface area contributed by atoms with Crippen LogP contribution in [-0.4, -0.2) is 34.9 Å². The highest BCUT2D eigenvalue weighted by atomic mass is 32.1. The average Bonchev–Trinajstić information content (AvgIpc) is 3.08. The highest BCUT2D eigenvalue weighted by Crippen LogP contribution is 2.22. The van der Waals surface area contributed by atoms with Gasteiger partial charge in [0.15, 0.2) is 0 Å². The summed E-state index contributed by atoms with van der Waals surface area (Å²) in [5.41, 5.74) is 1.93. The number of nitrogens with one attached hydrogen (secondary N) is 2. The molecule has 0 saturated heterocycles. The van der Waals surface area contributed by atoms with Crippen molar-refractivity contribution in [3.63, 3.8) is 0 Å². The van der Waals surface area contributed by atoms with E-state index >= 15 is 0 Å². The fraction of sp³-hybridized carbons (Fsp3) is 0.250. The molecule has 0 aliphatic rings. The topological polar surface area (TPSA) is 74.3 Å². The summed E-state index contributed by atoms with van der Waals surface area (Å²) >= 11 is 1.61. The van der Waals surface area contributed by atoms with Crippen LogP contribution < -0.4 is 10.6 Å². The van der Waals surface area contributed by atoms with Gasteiger partial charge >= 0.3 is 6.03 Å². The number of fused-ring (bicyclic) bond motifs is 1. The predicted octanol–water partition coefficient (Wildman–Crippen LogP) is 3.14. The van der Waals surface area contributed by atoms with Gasteiger partial charge in [0.25, 0.3) is 0 Å². The van der Waals surface area contributed by atoms with Gasteiger partial charge in [-0.2, -0.15) is 0 Å². The maximum atomic E-state index is 12.3. The van der Waals surface area contributed by atoms with Crippen LogP contribution in [0.4, 0.5) is 4.79 Å². The summed E-state index contributed by atoms with van der Waals surface area (Å²) in [4.78, 5) is 30.8. The number of carbonyl (C=O) groups is 2. The second-order valence-corrected chi connectivity index (χ2v) is 7.44. The van der Waals surface area contributed by atoms with Crippen LogP contribution in [0.3, 0.4) is 0 Å². The van der Waals surface area contributed by atoms with Gasteiger partial charge in [-0.1, -0.05) is 42.5 Å². The van der Waals surface area contributed by atoms with Crippen molar-refractivity contribution in [1.82, 2.24) is 20.5 Å². The van der Waals surface area contributed by atoms with Gasteiger partial charge in [0.1, 0.15) is 5.01 Å². The van der Waals surface area contributed by atoms with E-state index in [4.69, 9.17) is 0 Å². The summed E-state index contributed by atoms with van der Waals surface area (Å²) < 4.78 is 1.12. The minimum absolute atomic E-state index is 0.343. The molecular formula is C20H22N4O2S. The van der Waals surface area contributed by atoms with Gasteiger partial charge in [-0.05, 0) is 31.7 Å². The number of hydrogen-bond acceptors (Lipinski definition) is 5. The Kier molecular flexibility index (Phi) is 6.16. The number of hydrogen-bond donors (Lipinski definition) is 2. The summed E-state index contributed by atoms with van der Waals surface area (Å²) in [7, 11) is 1.85. The largest absolute Gasteiger partial charge is 0.334 e. The van der Waals surface area contributed by atoms with Crippen molar-refractivity contribution in [1.29, 1.82) is 0 Å². The average molecular weight is 382 g/mol. The molecule has 0 aliphatic heterocycles. The summed E-state index contributed by atoms with van der Waals surface area (Å²) in [6.45, 7) is 2.68. The lowest BCUT2D eigenvalue weighted by Gasteiger charge is -2.22. The maximum Gasteiger partial charge on any atom is 0.321 e. The summed E-state index contributed by atoms with van der Waals surface area (Å²) in [6, 6.07) is 16.5. The van der Waals surface area contributed by atoms with E-state index in [-0.39, 0.29) is 5.91 Å². The van der Waals surface area contributed by atoms with Crippen LogP contribution in [-0.2, 0) is 17.9 Å². The molecule has 7 heteroatoms. The van der Waals surface area contributed by atoms with E-state index in [0.717, 1.165) is 20.8 Å². The second kappa shape index (κ2) is 8.75. The van der Waals surface area contributed by atoms with Crippen molar-refractivity contribution in [3.05, 3.63) is 65.2 Å². The van der Waals surface area contributed by atoms with Crippen LogP contribution in [0, 0.1) is 0 Å². The maximum absolute atomic E-state index is 12.3. The number of aromatic nitrogens is 1. The highest BCUT2D eigenvalue weighted by Gasteiger charge is 2.21. The lowest BCUT2D eigenvalue weighted by atomic mass is 10.2. The van der Waals surface area contributed by atoms with Gasteiger partial charge in [-0.25, -0.2) is 9.78 Å². The Balaban J connectivity index is 1.50. The van der Waals surface area contributed by atoms with Crippen LogP contribution in [0.25, 0.3) is 10.2 Å². The number of benzene rings is 2. The van der Waals surface area contributed by atoms with Crippen molar-refractivity contribution in [2.75, 3.05) is 7.05 Å². The van der Waals surface area contributed by atoms with E-state index in [1.54, 1.807) is 18.3 Å². The molecule has 0 spiro atoms. The minimum atomic E-state index is -0.496. The zero-order chi connectivity index (χ0) is 19.2. The van der Waals surface area contributed by atoms with Gasteiger partial charge in [-0.3, -0.25) is 15.0 Å². The number of likely N-dealkylation sites (N-methyl/N-ethyl adjacent to an activating group) is 1. The van der Waals surface area contributed by atoms with Crippen molar-refractivity contribution >= 4 is 33.5 Å². The molecule has 0 bridgehead atoms. The molecule has 1 atom stereocenters. The monoisotopic (exact) mass is 382 g/mol. The number of rotatable bonds is 6. The van der Waals surface area contributed by atoms with E-state index < -0.39 is 12.1 Å². The van der Waals surface area contributed by atoms with E-state index in [9.17, 15) is 9.59 Å². The third kappa shape index (κ3) is 5.12. The number of thiazole rings is 1. The van der Waals surface area contributed by atoms with Crippen LogP contribution in [0.2, 0.25) is 0 Å². The van der Waals surface area contributed by atoms with E-state index in [1.165, 1.54) is 0 Å². The molecule has 0 saturated carbocycles. The second-order valence-electron chi connectivity index (χ2n) is 6.32. The van der Waals surface area contributed by atoms with Crippen molar-refractivity contribution < 1.29 is 9.59 Å². The predicted molar refractivity (Wildman–Crippen MR) is 107 cm³/mol. The summed E-state index contributed by atoms with van der Waals surface area (Å²) in [6.07, 6.45) is 0. The molecule has 140 valence electrons. The number of para-hydroxylation sites is 1. The third-order valence-electron chi connectivity index (χ3n) is 4.30. The molecule has 3 rings (SSSR count). The first kappa shape index (κ1) is 19.0. The van der Waals surface area contributed by atoms with Gasteiger partial charge in [0.2, 0.25) is 5.91 Å². The lowest BCUT2D eigenvalue weighted by Crippen LogP contribution is -2.48. The normalized spacial score (nSPS) is 12.1. The van der Waals surface area contributed by atoms with E-state index in [2.05, 4.69) is 15.6 Å². The molecule has 2 N–H and O–H groups in total. The first-order chi connectivity index (χ1) is 13.0. The Morgan fingerprint density at radius 3 is 2.56 bits per heavy atom. The molecule has 27 heavy (non-hydrogen) atoms. The number of urea groups is 1. The number of imide groups is 1. The standard InChI is InChI=1S/C20H22N4O2S/c1-14(19(25)23-20(26)21-12-15-8-4-3-5-9-15)24(2)13-18-22-16-10-6-7-11-17(16)27-18/h3-11,14H,12-13H2,1-2H3,(H2,21,23,25,26)/t14-/m1/s1. The molecule has 0 fully saturated rings. The molecule has 0 aliphatic carbocycles. The van der Waals surface area contributed by atoms with Crippen LogP contribution in [0.1, 0.15) is 17.5 Å². The molecule has 6 nitrogen and oxygen atoms in total. The molecule has 0 radical (unpaired) electrons. The smallest absolute Gasteiger partial charge is 0.321 e. The van der Waals surface area contributed by atoms with Gasteiger partial charge in [-0.15, -0.1) is 11.3 Å². The van der Waals surface area contributed by atoms with Gasteiger partial charge in [0.05, 0.1) is 22.8 Å². The Morgan fingerprint density at radius 2 is 1.81 bits per heavy atom. The number of carbonyl (C=O) groups excluding carboxylic acids is 2. The SMILES string of the molecule is C[C@H](C(=O)NC(=O)NCc1ccccc1)N(C)Cc1nc2ccccc2s1. The van der Waals surface area contributed by atoms with E-state index in [1.807, 2.05) is 66.5 Å². The van der Waals surface area contributed by atoms with Crippen LogP contribution in [0.5, 0.6) is 0 Å². The molecule has 2 aromatic carbocycles. The summed E-state index contributed by atoms with van der Waals surface area (Å²) in [5.74, 6) is -0.343. The molecular weight excluding hydrogens is 360 g/mol. The molecule has 1 aromatic heterocycles. The number of nitrogens with zero attached hydrogens (tertiary/aromatic N) is 2. The minimum Gasteiger partial charge on any atom is -0.334 e. The molecule has 1 heterocycles. The molecule has 3 aromatic rings. The fourth-order valence-electron chi connectivity index (χ4n) is 2.58. The fourth-order valence-corrected chi connectivity index (χ4v) is 3.61. The van der Waals surface area contributed by atoms with Gasteiger partial charge in [0, 0.05) is 6.54 Å². The van der Waals surface area contributed by atoms with E-state index in [0.29, 0.717) is 13.1 Å². The van der Waals surface area contributed by atoms with Crippen molar-refractivity contribution in [2.24, 2.45) is 0 Å². The first-order valence-corrected chi connectivity index (χ1v) is 9.52. The quantitative estimate of drug-likeness (QED) is 0.687. The van der Waals surface area contributed by atoms with Gasteiger partial charge < -0.3 is 5.32 Å². The van der Waals surface area contributed by atoms with Crippen LogP contribution in [0.15, 0.2) is 54.6 Å². The van der Waals surface area contributed by atoms with Crippen LogP contribution >= 0.6 is 11.3 Å². The Bertz CT molecular complexity index is 893. The summed E-state index contributed by atoms with van der Waals surface area (Å²) in [5, 5.41) is 6.02. The zero-order valence-corrected chi connectivity index (χ0v) is 16.1. The lowest BCUT2D eigenvalue weighted by molar-refractivity contribution is -0.124.